The number of hydrogen-bond acceptors (Lipinski definition) is 1. The third kappa shape index (κ3) is 1.31. The van der Waals surface area contributed by atoms with Gasteiger partial charge in [-0.25, -0.2) is 0 Å². The average Bonchev–Trinajstić information content (AvgIpc) is 2.53. The van der Waals surface area contributed by atoms with Crippen molar-refractivity contribution in [3.63, 3.8) is 0 Å². The van der Waals surface area contributed by atoms with Crippen LogP contribution in [0.1, 0.15) is 5.56 Å². The molecule has 1 heterocycles. The molecule has 60 valence electrons. The zero-order chi connectivity index (χ0) is 8.39. The van der Waals surface area contributed by atoms with Gasteiger partial charge in [-0.3, -0.25) is 0 Å². The van der Waals surface area contributed by atoms with E-state index in [-0.39, 0.29) is 0 Å². The number of rotatable bonds is 1. The van der Waals surface area contributed by atoms with Crippen LogP contribution in [0.3, 0.4) is 0 Å². The van der Waals surface area contributed by atoms with E-state index in [2.05, 4.69) is 0 Å². The van der Waals surface area contributed by atoms with Gasteiger partial charge in [-0.1, -0.05) is 0 Å². The molecular weight excluding hydrogens is 215 g/mol. The van der Waals surface area contributed by atoms with Crippen molar-refractivity contribution in [1.29, 1.82) is 0 Å². The number of allylic oxidation sites excluding steroid dienone is 2. The zero-order valence-electron chi connectivity index (χ0n) is 6.44. The van der Waals surface area contributed by atoms with E-state index >= 15 is 0 Å². The molecule has 1 atom stereocenters. The van der Waals surface area contributed by atoms with Gasteiger partial charge in [0, 0.05) is 0 Å². The fourth-order valence-corrected chi connectivity index (χ4v) is 3.14. The van der Waals surface area contributed by atoms with Gasteiger partial charge in [-0.05, 0) is 0 Å². The SMILES string of the molecule is O=[Se]1C=CC=C1c1ccccc1. The molecule has 1 unspecified atom stereocenters. The van der Waals surface area contributed by atoms with Gasteiger partial charge < -0.3 is 0 Å². The molecule has 1 aliphatic heterocycles. The first kappa shape index (κ1) is 7.66. The van der Waals surface area contributed by atoms with Gasteiger partial charge in [0.25, 0.3) is 0 Å². The number of hydrogen-bond donors (Lipinski definition) is 0. The summed E-state index contributed by atoms with van der Waals surface area (Å²) in [6.07, 6.45) is 3.81. The van der Waals surface area contributed by atoms with Gasteiger partial charge in [0.1, 0.15) is 0 Å². The minimum absolute atomic E-state index is 0.996. The summed E-state index contributed by atoms with van der Waals surface area (Å²) in [4.78, 5) is 1.79. The second-order valence-electron chi connectivity index (χ2n) is 2.52. The van der Waals surface area contributed by atoms with Crippen LogP contribution < -0.4 is 0 Å². The van der Waals surface area contributed by atoms with E-state index in [1.807, 2.05) is 42.5 Å². The number of benzene rings is 1. The Bertz CT molecular complexity index is 363. The second-order valence-corrected chi connectivity index (χ2v) is 5.26. The van der Waals surface area contributed by atoms with Crippen molar-refractivity contribution in [3.8, 4) is 0 Å². The molecule has 0 radical (unpaired) electrons. The molecule has 0 amide bonds. The van der Waals surface area contributed by atoms with Crippen molar-refractivity contribution in [1.82, 2.24) is 0 Å². The molecule has 0 fully saturated rings. The van der Waals surface area contributed by atoms with Crippen LogP contribution in [0.5, 0.6) is 0 Å². The summed E-state index contributed by atoms with van der Waals surface area (Å²) in [7, 11) is 0. The first-order valence-corrected chi connectivity index (χ1v) is 6.27. The van der Waals surface area contributed by atoms with Gasteiger partial charge in [-0.15, -0.1) is 0 Å². The van der Waals surface area contributed by atoms with E-state index in [1.165, 1.54) is 0 Å². The van der Waals surface area contributed by atoms with Crippen LogP contribution in [0.2, 0.25) is 0 Å². The predicted octanol–water partition coefficient (Wildman–Crippen LogP) is 2.14. The van der Waals surface area contributed by atoms with Gasteiger partial charge in [0.05, 0.1) is 0 Å². The summed E-state index contributed by atoms with van der Waals surface area (Å²) < 4.78 is 12.4. The molecule has 0 N–H and O–H groups in total. The average molecular weight is 223 g/mol. The third-order valence-corrected chi connectivity index (χ3v) is 4.26. The van der Waals surface area contributed by atoms with E-state index in [9.17, 15) is 3.83 Å². The monoisotopic (exact) mass is 224 g/mol. The minimum atomic E-state index is -1.83. The maximum atomic E-state index is 11.4. The molecule has 0 saturated carbocycles. The predicted molar refractivity (Wildman–Crippen MR) is 50.0 cm³/mol. The molecular formula is C10H8OSe. The fraction of sp³-hybridized carbons (Fsp3) is 0. The Hall–Kier alpha value is -0.981. The molecule has 0 saturated heterocycles. The normalized spacial score (nSPS) is 21.0. The zero-order valence-corrected chi connectivity index (χ0v) is 8.15. The maximum absolute atomic E-state index is 11.4. The topological polar surface area (TPSA) is 17.1 Å². The fourth-order valence-electron chi connectivity index (χ4n) is 1.15. The molecule has 2 rings (SSSR count). The Kier molecular flexibility index (Phi) is 2.03. The van der Waals surface area contributed by atoms with Crippen LogP contribution in [0.4, 0.5) is 0 Å². The third-order valence-electron chi connectivity index (χ3n) is 1.72. The molecule has 1 aromatic carbocycles. The molecule has 0 spiro atoms. The molecule has 0 aliphatic carbocycles. The van der Waals surface area contributed by atoms with E-state index in [0.717, 1.165) is 10.0 Å². The summed E-state index contributed by atoms with van der Waals surface area (Å²) in [5.41, 5.74) is 1.09. The van der Waals surface area contributed by atoms with Crippen LogP contribution in [0.15, 0.2) is 47.5 Å². The molecule has 1 aliphatic rings. The van der Waals surface area contributed by atoms with Crippen LogP contribution in [-0.2, 0) is 3.83 Å². The summed E-state index contributed by atoms with van der Waals surface area (Å²) in [6.45, 7) is 0. The van der Waals surface area contributed by atoms with Gasteiger partial charge >= 0.3 is 75.2 Å². The summed E-state index contributed by atoms with van der Waals surface area (Å²) >= 11 is -1.83. The van der Waals surface area contributed by atoms with Crippen molar-refractivity contribution in [2.75, 3.05) is 0 Å². The molecule has 2 heteroatoms. The van der Waals surface area contributed by atoms with Crippen LogP contribution >= 0.6 is 0 Å². The van der Waals surface area contributed by atoms with Crippen molar-refractivity contribution in [3.05, 3.63) is 53.0 Å². The molecule has 12 heavy (non-hydrogen) atoms. The molecule has 1 nitrogen and oxygen atoms in total. The van der Waals surface area contributed by atoms with E-state index in [1.54, 1.807) is 4.97 Å². The van der Waals surface area contributed by atoms with Gasteiger partial charge in [0.15, 0.2) is 0 Å². The standard InChI is InChI=1S/C10H8OSe/c11-12-8-4-7-10(12)9-5-2-1-3-6-9/h1-8H. The molecule has 0 bridgehead atoms. The Morgan fingerprint density at radius 2 is 1.83 bits per heavy atom. The Labute approximate surface area is 75.5 Å². The molecule has 0 aromatic heterocycles. The first-order valence-electron chi connectivity index (χ1n) is 3.72. The van der Waals surface area contributed by atoms with Crippen molar-refractivity contribution in [2.45, 2.75) is 0 Å². The summed E-state index contributed by atoms with van der Waals surface area (Å²) in [6, 6.07) is 9.88. The van der Waals surface area contributed by atoms with Crippen LogP contribution in [0.25, 0.3) is 4.47 Å². The van der Waals surface area contributed by atoms with Crippen molar-refractivity contribution < 1.29 is 3.83 Å². The second kappa shape index (κ2) is 3.18. The molecule has 1 aromatic rings. The first-order chi connectivity index (χ1) is 5.88. The van der Waals surface area contributed by atoms with E-state index in [0.29, 0.717) is 0 Å². The van der Waals surface area contributed by atoms with Gasteiger partial charge in [-0.2, -0.15) is 0 Å². The van der Waals surface area contributed by atoms with E-state index < -0.39 is 13.8 Å². The van der Waals surface area contributed by atoms with Crippen molar-refractivity contribution in [2.24, 2.45) is 0 Å². The summed E-state index contributed by atoms with van der Waals surface area (Å²) in [5, 5.41) is 0. The summed E-state index contributed by atoms with van der Waals surface area (Å²) in [5.74, 6) is 0. The Morgan fingerprint density at radius 3 is 2.42 bits per heavy atom. The van der Waals surface area contributed by atoms with Crippen molar-refractivity contribution >= 4 is 18.3 Å². The van der Waals surface area contributed by atoms with Crippen LogP contribution in [0, 0.1) is 0 Å². The van der Waals surface area contributed by atoms with E-state index in [4.69, 9.17) is 0 Å². The quantitative estimate of drug-likeness (QED) is 0.666. The Morgan fingerprint density at radius 1 is 1.08 bits per heavy atom. The van der Waals surface area contributed by atoms with Gasteiger partial charge in [0.2, 0.25) is 0 Å². The Balaban J connectivity index is 2.40. The van der Waals surface area contributed by atoms with Crippen LogP contribution in [-0.4, -0.2) is 13.8 Å².